The lowest BCUT2D eigenvalue weighted by molar-refractivity contribution is -0.686. The molecule has 0 atom stereocenters. The van der Waals surface area contributed by atoms with Gasteiger partial charge in [-0.1, -0.05) is 58.4 Å². The number of nitrogens with zero attached hydrogens (tertiary/aromatic N) is 2. The van der Waals surface area contributed by atoms with Crippen LogP contribution in [0.5, 0.6) is 0 Å². The van der Waals surface area contributed by atoms with Crippen molar-refractivity contribution in [3.63, 3.8) is 0 Å². The van der Waals surface area contributed by atoms with Gasteiger partial charge in [0.1, 0.15) is 0 Å². The van der Waals surface area contributed by atoms with Gasteiger partial charge in [0, 0.05) is 21.7 Å². The molecule has 0 bridgehead atoms. The summed E-state index contributed by atoms with van der Waals surface area (Å²) in [7, 11) is 0. The van der Waals surface area contributed by atoms with Crippen molar-refractivity contribution in [2.45, 2.75) is 6.54 Å². The molecule has 108 valence electrons. The quantitative estimate of drug-likeness (QED) is 0.529. The minimum absolute atomic E-state index is 0.0618. The van der Waals surface area contributed by atoms with Crippen LogP contribution in [0.2, 0.25) is 0 Å². The summed E-state index contributed by atoms with van der Waals surface area (Å²) >= 11 is 3.37. The zero-order valence-electron chi connectivity index (χ0n) is 11.8. The van der Waals surface area contributed by atoms with Crippen molar-refractivity contribution in [1.82, 2.24) is 4.98 Å². The number of ketones is 1. The second-order valence-electron chi connectivity index (χ2n) is 4.91. The Morgan fingerprint density at radius 1 is 1.00 bits per heavy atom. The van der Waals surface area contributed by atoms with Crippen LogP contribution in [-0.4, -0.2) is 10.8 Å². The fraction of sp³-hybridized carbons (Fsp3) is 0.0556. The molecule has 0 amide bonds. The summed E-state index contributed by atoms with van der Waals surface area (Å²) < 4.78 is 2.75. The molecule has 2 aromatic carbocycles. The third-order valence-corrected chi connectivity index (χ3v) is 3.86. The van der Waals surface area contributed by atoms with Gasteiger partial charge in [-0.2, -0.15) is 0 Å². The number of Topliss-reactive ketones (excluding diaryl/α,β-unsaturated/α-hetero) is 1. The van der Waals surface area contributed by atoms with E-state index in [4.69, 9.17) is 0 Å². The average molecular weight is 354 g/mol. The molecular weight excluding hydrogens is 340 g/mol. The van der Waals surface area contributed by atoms with Crippen LogP contribution in [0.4, 0.5) is 0 Å². The highest BCUT2D eigenvalue weighted by atomic mass is 79.9. The molecule has 3 nitrogen and oxygen atoms in total. The number of hydrogen-bond acceptors (Lipinski definition) is 2. The Bertz CT molecular complexity index is 768. The SMILES string of the molecule is O=C(C[n+]1ccc(-c2ccccc2)nc1)c1ccc(Br)cc1. The molecule has 0 aliphatic heterocycles. The number of halogens is 1. The highest BCUT2D eigenvalue weighted by Gasteiger charge is 2.11. The molecular formula is C18H14BrN2O+. The van der Waals surface area contributed by atoms with E-state index >= 15 is 0 Å². The number of rotatable bonds is 4. The van der Waals surface area contributed by atoms with E-state index in [0.29, 0.717) is 5.56 Å². The zero-order valence-corrected chi connectivity index (χ0v) is 13.4. The second-order valence-corrected chi connectivity index (χ2v) is 5.83. The normalized spacial score (nSPS) is 10.4. The third kappa shape index (κ3) is 3.46. The van der Waals surface area contributed by atoms with Gasteiger partial charge in [-0.05, 0) is 17.1 Å². The Labute approximate surface area is 137 Å². The van der Waals surface area contributed by atoms with Crippen LogP contribution in [0, 0.1) is 0 Å². The van der Waals surface area contributed by atoms with Crippen molar-refractivity contribution in [1.29, 1.82) is 0 Å². The van der Waals surface area contributed by atoms with E-state index in [1.807, 2.05) is 66.9 Å². The highest BCUT2D eigenvalue weighted by Crippen LogP contribution is 2.14. The van der Waals surface area contributed by atoms with Crippen LogP contribution < -0.4 is 4.57 Å². The van der Waals surface area contributed by atoms with Gasteiger partial charge in [0.15, 0.2) is 12.2 Å². The van der Waals surface area contributed by atoms with Crippen molar-refractivity contribution in [2.75, 3.05) is 0 Å². The predicted octanol–water partition coefficient (Wildman–Crippen LogP) is 3.68. The van der Waals surface area contributed by atoms with Gasteiger partial charge in [0.05, 0.1) is 6.20 Å². The maximum atomic E-state index is 12.2. The number of hydrogen-bond donors (Lipinski definition) is 0. The molecule has 4 heteroatoms. The molecule has 1 aromatic heterocycles. The molecule has 0 saturated carbocycles. The fourth-order valence-electron chi connectivity index (χ4n) is 2.15. The summed E-state index contributed by atoms with van der Waals surface area (Å²) in [6.45, 7) is 0.281. The van der Waals surface area contributed by atoms with Gasteiger partial charge in [-0.3, -0.25) is 4.79 Å². The smallest absolute Gasteiger partial charge is 0.287 e. The van der Waals surface area contributed by atoms with Crippen molar-refractivity contribution in [3.8, 4) is 11.3 Å². The Morgan fingerprint density at radius 3 is 2.36 bits per heavy atom. The van der Waals surface area contributed by atoms with Crippen LogP contribution in [0.3, 0.4) is 0 Å². The number of benzene rings is 2. The van der Waals surface area contributed by atoms with Crippen molar-refractivity contribution in [2.24, 2.45) is 0 Å². The van der Waals surface area contributed by atoms with Gasteiger partial charge < -0.3 is 0 Å². The average Bonchev–Trinajstić information content (AvgIpc) is 2.57. The Balaban J connectivity index is 1.73. The van der Waals surface area contributed by atoms with E-state index in [1.54, 1.807) is 10.9 Å². The molecule has 0 spiro atoms. The summed E-state index contributed by atoms with van der Waals surface area (Å²) in [5.74, 6) is 0.0618. The lowest BCUT2D eigenvalue weighted by Crippen LogP contribution is -2.37. The van der Waals surface area contributed by atoms with Gasteiger partial charge >= 0.3 is 0 Å². The molecule has 0 radical (unpaired) electrons. The van der Waals surface area contributed by atoms with Gasteiger partial charge in [0.25, 0.3) is 6.33 Å². The summed E-state index contributed by atoms with van der Waals surface area (Å²) in [6, 6.07) is 19.3. The summed E-state index contributed by atoms with van der Waals surface area (Å²) in [5.41, 5.74) is 2.66. The second kappa shape index (κ2) is 6.62. The molecule has 3 aromatic rings. The third-order valence-electron chi connectivity index (χ3n) is 3.33. The largest absolute Gasteiger partial charge is 0.290 e. The first-order valence-corrected chi connectivity index (χ1v) is 7.71. The standard InChI is InChI=1S/C18H14BrN2O/c19-16-8-6-15(7-9-16)18(22)12-21-11-10-17(20-13-21)14-4-2-1-3-5-14/h1-11,13H,12H2/q+1. The summed E-state index contributed by atoms with van der Waals surface area (Å²) in [6.07, 6.45) is 3.57. The van der Waals surface area contributed by atoms with Crippen LogP contribution >= 0.6 is 15.9 Å². The lowest BCUT2D eigenvalue weighted by atomic mass is 10.1. The fourth-order valence-corrected chi connectivity index (χ4v) is 2.41. The molecule has 1 heterocycles. The van der Waals surface area contributed by atoms with Crippen LogP contribution in [0.15, 0.2) is 77.7 Å². The highest BCUT2D eigenvalue weighted by molar-refractivity contribution is 9.10. The minimum atomic E-state index is 0.0618. The van der Waals surface area contributed by atoms with Crippen LogP contribution in [0.1, 0.15) is 10.4 Å². The first-order chi connectivity index (χ1) is 10.7. The maximum absolute atomic E-state index is 12.2. The molecule has 0 unspecified atom stereocenters. The van der Waals surface area contributed by atoms with E-state index in [-0.39, 0.29) is 12.3 Å². The Kier molecular flexibility index (Phi) is 4.39. The van der Waals surface area contributed by atoms with E-state index in [1.165, 1.54) is 0 Å². The summed E-state index contributed by atoms with van der Waals surface area (Å²) in [5, 5.41) is 0. The Morgan fingerprint density at radius 2 is 1.73 bits per heavy atom. The first kappa shape index (κ1) is 14.6. The number of carbonyl (C=O) groups is 1. The van der Waals surface area contributed by atoms with E-state index in [0.717, 1.165) is 15.7 Å². The van der Waals surface area contributed by atoms with Crippen LogP contribution in [-0.2, 0) is 6.54 Å². The predicted molar refractivity (Wildman–Crippen MR) is 88.3 cm³/mol. The van der Waals surface area contributed by atoms with Crippen molar-refractivity contribution in [3.05, 3.63) is 83.2 Å². The minimum Gasteiger partial charge on any atom is -0.290 e. The monoisotopic (exact) mass is 353 g/mol. The van der Waals surface area contributed by atoms with Gasteiger partial charge in [-0.25, -0.2) is 4.57 Å². The first-order valence-electron chi connectivity index (χ1n) is 6.92. The molecule has 0 aliphatic rings. The van der Waals surface area contributed by atoms with E-state index < -0.39 is 0 Å². The van der Waals surface area contributed by atoms with Gasteiger partial charge in [0.2, 0.25) is 5.78 Å². The van der Waals surface area contributed by atoms with Crippen LogP contribution in [0.25, 0.3) is 11.3 Å². The molecule has 0 fully saturated rings. The topological polar surface area (TPSA) is 33.8 Å². The molecule has 0 N–H and O–H groups in total. The van der Waals surface area contributed by atoms with E-state index in [9.17, 15) is 4.79 Å². The van der Waals surface area contributed by atoms with E-state index in [2.05, 4.69) is 20.9 Å². The maximum Gasteiger partial charge on any atom is 0.287 e. The van der Waals surface area contributed by atoms with Crippen molar-refractivity contribution < 1.29 is 9.36 Å². The number of aromatic nitrogens is 2. The lowest BCUT2D eigenvalue weighted by Gasteiger charge is -2.01. The Hall–Kier alpha value is -2.33. The molecule has 22 heavy (non-hydrogen) atoms. The molecule has 3 rings (SSSR count). The molecule has 0 aliphatic carbocycles. The number of carbonyl (C=O) groups excluding carboxylic acids is 1. The van der Waals surface area contributed by atoms with Gasteiger partial charge in [-0.15, -0.1) is 0 Å². The summed E-state index contributed by atoms with van der Waals surface area (Å²) in [4.78, 5) is 16.6. The molecule has 0 saturated heterocycles. The van der Waals surface area contributed by atoms with Crippen molar-refractivity contribution >= 4 is 21.7 Å². The zero-order chi connectivity index (χ0) is 15.4.